The summed E-state index contributed by atoms with van der Waals surface area (Å²) in [5.41, 5.74) is 4.87. The SMILES string of the molecule is Cc1cccc(Oc2ccc(C(C)c3ccc(Oc4cccc(C)c4)cc3)cc2)c1. The molecule has 0 aliphatic rings. The molecule has 0 aliphatic heterocycles. The van der Waals surface area contributed by atoms with Gasteiger partial charge in [-0.15, -0.1) is 0 Å². The minimum Gasteiger partial charge on any atom is -0.457 e. The molecule has 150 valence electrons. The molecule has 0 saturated carbocycles. The fraction of sp³-hybridized carbons (Fsp3) is 0.143. The van der Waals surface area contributed by atoms with Crippen molar-refractivity contribution < 1.29 is 9.47 Å². The maximum Gasteiger partial charge on any atom is 0.127 e. The van der Waals surface area contributed by atoms with Crippen LogP contribution >= 0.6 is 0 Å². The van der Waals surface area contributed by atoms with Crippen LogP contribution in [0, 0.1) is 13.8 Å². The highest BCUT2D eigenvalue weighted by Gasteiger charge is 2.09. The maximum atomic E-state index is 5.96. The third kappa shape index (κ3) is 4.90. The number of rotatable bonds is 6. The van der Waals surface area contributed by atoms with Crippen molar-refractivity contribution in [2.45, 2.75) is 26.7 Å². The zero-order valence-corrected chi connectivity index (χ0v) is 17.6. The highest BCUT2D eigenvalue weighted by Crippen LogP contribution is 2.30. The van der Waals surface area contributed by atoms with Gasteiger partial charge in [0.05, 0.1) is 0 Å². The molecule has 4 aromatic carbocycles. The third-order valence-electron chi connectivity index (χ3n) is 5.21. The predicted octanol–water partition coefficient (Wildman–Crippen LogP) is 8.04. The third-order valence-corrected chi connectivity index (χ3v) is 5.21. The zero-order valence-electron chi connectivity index (χ0n) is 17.6. The first kappa shape index (κ1) is 19.8. The highest BCUT2D eigenvalue weighted by atomic mass is 16.5. The predicted molar refractivity (Wildman–Crippen MR) is 123 cm³/mol. The van der Waals surface area contributed by atoms with E-state index in [1.807, 2.05) is 60.7 Å². The maximum absolute atomic E-state index is 5.96. The van der Waals surface area contributed by atoms with E-state index in [9.17, 15) is 0 Å². The number of benzene rings is 4. The quantitative estimate of drug-likeness (QED) is 0.329. The molecule has 0 amide bonds. The van der Waals surface area contributed by atoms with Crippen LogP contribution in [0.25, 0.3) is 0 Å². The van der Waals surface area contributed by atoms with Gasteiger partial charge in [-0.25, -0.2) is 0 Å². The van der Waals surface area contributed by atoms with Gasteiger partial charge < -0.3 is 9.47 Å². The van der Waals surface area contributed by atoms with E-state index < -0.39 is 0 Å². The van der Waals surface area contributed by atoms with Crippen LogP contribution in [-0.2, 0) is 0 Å². The topological polar surface area (TPSA) is 18.5 Å². The summed E-state index contributed by atoms with van der Waals surface area (Å²) >= 11 is 0. The second-order valence-electron chi connectivity index (χ2n) is 7.70. The van der Waals surface area contributed by atoms with E-state index in [0.717, 1.165) is 23.0 Å². The van der Waals surface area contributed by atoms with Crippen molar-refractivity contribution in [1.29, 1.82) is 0 Å². The molecule has 0 spiro atoms. The first-order chi connectivity index (χ1) is 14.6. The fourth-order valence-corrected chi connectivity index (χ4v) is 3.47. The fourth-order valence-electron chi connectivity index (χ4n) is 3.47. The first-order valence-corrected chi connectivity index (χ1v) is 10.3. The normalized spacial score (nSPS) is 10.8. The molecule has 0 radical (unpaired) electrons. The van der Waals surface area contributed by atoms with Crippen molar-refractivity contribution >= 4 is 0 Å². The summed E-state index contributed by atoms with van der Waals surface area (Å²) in [5, 5.41) is 0. The first-order valence-electron chi connectivity index (χ1n) is 10.3. The minimum atomic E-state index is 0.283. The van der Waals surface area contributed by atoms with Crippen LogP contribution in [0.3, 0.4) is 0 Å². The van der Waals surface area contributed by atoms with E-state index >= 15 is 0 Å². The van der Waals surface area contributed by atoms with Crippen LogP contribution in [-0.4, -0.2) is 0 Å². The Morgan fingerprint density at radius 2 is 0.900 bits per heavy atom. The monoisotopic (exact) mass is 394 g/mol. The molecule has 0 atom stereocenters. The Hall–Kier alpha value is -3.52. The second kappa shape index (κ2) is 8.87. The van der Waals surface area contributed by atoms with Crippen LogP contribution in [0.5, 0.6) is 23.0 Å². The van der Waals surface area contributed by atoms with E-state index in [1.54, 1.807) is 0 Å². The van der Waals surface area contributed by atoms with Gasteiger partial charge in [-0.1, -0.05) is 55.5 Å². The van der Waals surface area contributed by atoms with Crippen molar-refractivity contribution in [3.63, 3.8) is 0 Å². The van der Waals surface area contributed by atoms with Crippen molar-refractivity contribution in [1.82, 2.24) is 0 Å². The molecule has 0 aliphatic carbocycles. The Balaban J connectivity index is 1.43. The minimum absolute atomic E-state index is 0.283. The molecule has 2 nitrogen and oxygen atoms in total. The van der Waals surface area contributed by atoms with Crippen molar-refractivity contribution in [2.75, 3.05) is 0 Å². The molecule has 30 heavy (non-hydrogen) atoms. The lowest BCUT2D eigenvalue weighted by Gasteiger charge is -2.14. The summed E-state index contributed by atoms with van der Waals surface area (Å²) in [6.07, 6.45) is 0. The largest absolute Gasteiger partial charge is 0.457 e. The Morgan fingerprint density at radius 1 is 0.500 bits per heavy atom. The molecule has 4 rings (SSSR count). The average molecular weight is 395 g/mol. The summed E-state index contributed by atoms with van der Waals surface area (Å²) in [6.45, 7) is 6.34. The molecule has 0 bridgehead atoms. The van der Waals surface area contributed by atoms with E-state index in [-0.39, 0.29) is 5.92 Å². The van der Waals surface area contributed by atoms with Gasteiger partial charge in [0, 0.05) is 5.92 Å². The molecule has 0 heterocycles. The molecular formula is C28H26O2. The van der Waals surface area contributed by atoms with E-state index in [1.165, 1.54) is 22.3 Å². The van der Waals surface area contributed by atoms with Crippen LogP contribution in [0.15, 0.2) is 97.1 Å². The lowest BCUT2D eigenvalue weighted by atomic mass is 9.93. The van der Waals surface area contributed by atoms with E-state index in [0.29, 0.717) is 0 Å². The van der Waals surface area contributed by atoms with Crippen LogP contribution < -0.4 is 9.47 Å². The summed E-state index contributed by atoms with van der Waals surface area (Å²) < 4.78 is 11.9. The summed E-state index contributed by atoms with van der Waals surface area (Å²) in [4.78, 5) is 0. The van der Waals surface area contributed by atoms with Gasteiger partial charge in [-0.3, -0.25) is 0 Å². The Bertz CT molecular complexity index is 1020. The van der Waals surface area contributed by atoms with Crippen LogP contribution in [0.1, 0.15) is 35.1 Å². The standard InChI is InChI=1S/C28H26O2/c1-20-6-4-8-27(18-20)29-25-14-10-23(11-15-25)22(3)24-12-16-26(17-13-24)30-28-9-5-7-21(2)19-28/h4-19,22H,1-3H3. The number of hydrogen-bond acceptors (Lipinski definition) is 2. The second-order valence-corrected chi connectivity index (χ2v) is 7.70. The van der Waals surface area contributed by atoms with Gasteiger partial charge in [0.25, 0.3) is 0 Å². The molecule has 0 unspecified atom stereocenters. The molecule has 0 N–H and O–H groups in total. The van der Waals surface area contributed by atoms with Crippen molar-refractivity contribution in [2.24, 2.45) is 0 Å². The highest BCUT2D eigenvalue weighted by molar-refractivity contribution is 5.41. The zero-order chi connectivity index (χ0) is 20.9. The van der Waals surface area contributed by atoms with Crippen molar-refractivity contribution in [3.05, 3.63) is 119 Å². The number of aryl methyl sites for hydroxylation is 2. The van der Waals surface area contributed by atoms with Gasteiger partial charge in [0.15, 0.2) is 0 Å². The van der Waals surface area contributed by atoms with Crippen molar-refractivity contribution in [3.8, 4) is 23.0 Å². The lowest BCUT2D eigenvalue weighted by molar-refractivity contribution is 0.482. The van der Waals surface area contributed by atoms with Gasteiger partial charge in [0.1, 0.15) is 23.0 Å². The van der Waals surface area contributed by atoms with E-state index in [4.69, 9.17) is 9.47 Å². The summed E-state index contributed by atoms with van der Waals surface area (Å²) in [7, 11) is 0. The Kier molecular flexibility index (Phi) is 5.85. The Labute approximate surface area is 178 Å². The molecule has 4 aromatic rings. The molecule has 0 fully saturated rings. The molecular weight excluding hydrogens is 368 g/mol. The smallest absolute Gasteiger partial charge is 0.127 e. The summed E-state index contributed by atoms with van der Waals surface area (Å²) in [6, 6.07) is 32.8. The number of ether oxygens (including phenoxy) is 2. The van der Waals surface area contributed by atoms with Crippen LogP contribution in [0.2, 0.25) is 0 Å². The van der Waals surface area contributed by atoms with Gasteiger partial charge in [-0.05, 0) is 84.6 Å². The summed E-state index contributed by atoms with van der Waals surface area (Å²) in [5.74, 6) is 3.70. The lowest BCUT2D eigenvalue weighted by Crippen LogP contribution is -1.96. The number of hydrogen-bond donors (Lipinski definition) is 0. The van der Waals surface area contributed by atoms with E-state index in [2.05, 4.69) is 57.2 Å². The Morgan fingerprint density at radius 3 is 1.27 bits per heavy atom. The molecule has 0 saturated heterocycles. The average Bonchev–Trinajstić information content (AvgIpc) is 2.74. The van der Waals surface area contributed by atoms with Gasteiger partial charge in [0.2, 0.25) is 0 Å². The molecule has 2 heteroatoms. The molecule has 0 aromatic heterocycles. The van der Waals surface area contributed by atoms with Gasteiger partial charge in [-0.2, -0.15) is 0 Å². The van der Waals surface area contributed by atoms with Crippen LogP contribution in [0.4, 0.5) is 0 Å². The van der Waals surface area contributed by atoms with Gasteiger partial charge >= 0.3 is 0 Å².